The molecule has 0 spiro atoms. The summed E-state index contributed by atoms with van der Waals surface area (Å²) in [7, 11) is 5.49. The van der Waals surface area contributed by atoms with Gasteiger partial charge < -0.3 is 14.5 Å². The van der Waals surface area contributed by atoms with Gasteiger partial charge in [0.1, 0.15) is 10.8 Å². The molecule has 1 rings (SSSR count). The van der Waals surface area contributed by atoms with Crippen molar-refractivity contribution in [2.45, 2.75) is 0 Å². The Kier molecular flexibility index (Phi) is 7.23. The maximum absolute atomic E-state index is 12.5. The number of carbonyl (C=O) groups excluding carboxylic acids is 1. The van der Waals surface area contributed by atoms with Gasteiger partial charge in [0.2, 0.25) is 0 Å². The highest BCUT2D eigenvalue weighted by Crippen LogP contribution is 2.18. The molecule has 7 heteroatoms. The number of hydrogen-bond acceptors (Lipinski definition) is 4. The van der Waals surface area contributed by atoms with Crippen LogP contribution < -0.4 is 0 Å². The van der Waals surface area contributed by atoms with Crippen LogP contribution in [0.4, 0.5) is 0 Å². The van der Waals surface area contributed by atoms with Gasteiger partial charge in [0.25, 0.3) is 5.91 Å². The molecule has 0 radical (unpaired) electrons. The molecule has 0 fully saturated rings. The van der Waals surface area contributed by atoms with Gasteiger partial charge in [-0.2, -0.15) is 0 Å². The van der Waals surface area contributed by atoms with Crippen LogP contribution in [0.1, 0.15) is 10.5 Å². The number of halogens is 2. The third-order valence-corrected chi connectivity index (χ3v) is 3.20. The second-order valence-electron chi connectivity index (χ2n) is 4.55. The van der Waals surface area contributed by atoms with E-state index in [4.69, 9.17) is 27.9 Å². The molecule has 1 amide bonds. The lowest BCUT2D eigenvalue weighted by atomic mass is 10.3. The molecule has 20 heavy (non-hydrogen) atoms. The Bertz CT molecular complexity index is 455. The number of pyridine rings is 1. The molecule has 5 nitrogen and oxygen atoms in total. The van der Waals surface area contributed by atoms with Crippen LogP contribution in [0.2, 0.25) is 10.2 Å². The maximum Gasteiger partial charge on any atom is 0.274 e. The van der Waals surface area contributed by atoms with Crippen LogP contribution >= 0.6 is 23.2 Å². The number of aromatic nitrogens is 1. The zero-order valence-electron chi connectivity index (χ0n) is 11.9. The van der Waals surface area contributed by atoms with Crippen LogP contribution in [-0.2, 0) is 4.74 Å². The van der Waals surface area contributed by atoms with Gasteiger partial charge in [-0.05, 0) is 26.2 Å². The van der Waals surface area contributed by atoms with Crippen molar-refractivity contribution in [1.29, 1.82) is 0 Å². The van der Waals surface area contributed by atoms with E-state index in [9.17, 15) is 4.79 Å². The van der Waals surface area contributed by atoms with Gasteiger partial charge in [-0.25, -0.2) is 4.98 Å². The molecule has 112 valence electrons. The number of amides is 1. The van der Waals surface area contributed by atoms with Crippen molar-refractivity contribution in [2.24, 2.45) is 0 Å². The lowest BCUT2D eigenvalue weighted by Crippen LogP contribution is -2.39. The second kappa shape index (κ2) is 8.42. The van der Waals surface area contributed by atoms with Crippen molar-refractivity contribution in [2.75, 3.05) is 47.4 Å². The highest BCUT2D eigenvalue weighted by molar-refractivity contribution is 6.34. The Morgan fingerprint density at radius 2 is 1.95 bits per heavy atom. The van der Waals surface area contributed by atoms with E-state index in [1.165, 1.54) is 0 Å². The third kappa shape index (κ3) is 5.25. The number of nitrogens with zero attached hydrogens (tertiary/aromatic N) is 3. The maximum atomic E-state index is 12.5. The third-order valence-electron chi connectivity index (χ3n) is 2.68. The molecule has 1 aromatic heterocycles. The van der Waals surface area contributed by atoms with Gasteiger partial charge >= 0.3 is 0 Å². The fourth-order valence-electron chi connectivity index (χ4n) is 1.56. The van der Waals surface area contributed by atoms with Crippen molar-refractivity contribution in [1.82, 2.24) is 14.8 Å². The summed E-state index contributed by atoms with van der Waals surface area (Å²) in [6, 6.07) is 3.13. The highest BCUT2D eigenvalue weighted by atomic mass is 35.5. The van der Waals surface area contributed by atoms with E-state index >= 15 is 0 Å². The minimum absolute atomic E-state index is 0.175. The summed E-state index contributed by atoms with van der Waals surface area (Å²) in [5.41, 5.74) is 0.175. The van der Waals surface area contributed by atoms with Crippen LogP contribution in [0, 0.1) is 0 Å². The largest absolute Gasteiger partial charge is 0.383 e. The molecule has 0 saturated heterocycles. The van der Waals surface area contributed by atoms with Gasteiger partial charge in [0.05, 0.1) is 11.6 Å². The molecule has 0 unspecified atom stereocenters. The zero-order valence-corrected chi connectivity index (χ0v) is 13.4. The molecule has 0 aliphatic rings. The average Bonchev–Trinajstić information content (AvgIpc) is 2.40. The Labute approximate surface area is 129 Å². The van der Waals surface area contributed by atoms with E-state index in [2.05, 4.69) is 4.98 Å². The molecule has 0 aliphatic carbocycles. The number of carbonyl (C=O) groups is 1. The molecular formula is C13H19Cl2N3O2. The van der Waals surface area contributed by atoms with Crippen molar-refractivity contribution in [3.05, 3.63) is 28.0 Å². The van der Waals surface area contributed by atoms with Gasteiger partial charge in [0, 0.05) is 26.7 Å². The minimum Gasteiger partial charge on any atom is -0.383 e. The number of ether oxygens (including phenoxy) is 1. The highest BCUT2D eigenvalue weighted by Gasteiger charge is 2.20. The monoisotopic (exact) mass is 319 g/mol. The van der Waals surface area contributed by atoms with E-state index in [1.807, 2.05) is 19.0 Å². The predicted octanol–water partition coefficient (Wildman–Crippen LogP) is 2.04. The van der Waals surface area contributed by atoms with Crippen molar-refractivity contribution >= 4 is 29.1 Å². The Hall–Kier alpha value is -0.880. The lowest BCUT2D eigenvalue weighted by molar-refractivity contribution is 0.0677. The first kappa shape index (κ1) is 17.2. The van der Waals surface area contributed by atoms with Gasteiger partial charge in [-0.1, -0.05) is 23.2 Å². The summed E-state index contributed by atoms with van der Waals surface area (Å²) < 4.78 is 5.03. The number of likely N-dealkylation sites (N-methyl/N-ethyl adjacent to an activating group) is 1. The molecule has 0 saturated carbocycles. The summed E-state index contributed by atoms with van der Waals surface area (Å²) in [4.78, 5) is 20.2. The fourth-order valence-corrected chi connectivity index (χ4v) is 1.89. The summed E-state index contributed by atoms with van der Waals surface area (Å²) in [5, 5.41) is 0.545. The second-order valence-corrected chi connectivity index (χ2v) is 5.35. The van der Waals surface area contributed by atoms with Crippen LogP contribution in [0.3, 0.4) is 0 Å². The van der Waals surface area contributed by atoms with Crippen LogP contribution in [0.25, 0.3) is 0 Å². The first-order chi connectivity index (χ1) is 9.45. The quantitative estimate of drug-likeness (QED) is 0.721. The fraction of sp³-hybridized carbons (Fsp3) is 0.538. The molecule has 0 N–H and O–H groups in total. The van der Waals surface area contributed by atoms with Crippen LogP contribution in [0.5, 0.6) is 0 Å². The SMILES string of the molecule is COCCN(CCN(C)C)C(=O)c1nc(Cl)ccc1Cl. The molecule has 0 aromatic carbocycles. The van der Waals surface area contributed by atoms with Crippen molar-refractivity contribution < 1.29 is 9.53 Å². The summed E-state index contributed by atoms with van der Waals surface area (Å²) in [5.74, 6) is -0.239. The first-order valence-corrected chi connectivity index (χ1v) is 6.96. The Balaban J connectivity index is 2.87. The number of rotatable bonds is 7. The molecule has 1 heterocycles. The van der Waals surface area contributed by atoms with Gasteiger partial charge in [0.15, 0.2) is 0 Å². The molecule has 0 bridgehead atoms. The smallest absolute Gasteiger partial charge is 0.274 e. The predicted molar refractivity (Wildman–Crippen MR) is 80.6 cm³/mol. The van der Waals surface area contributed by atoms with Crippen LogP contribution in [0.15, 0.2) is 12.1 Å². The normalized spacial score (nSPS) is 10.9. The summed E-state index contributed by atoms with van der Waals surface area (Å²) >= 11 is 11.8. The number of methoxy groups -OCH3 is 1. The Morgan fingerprint density at radius 3 is 2.55 bits per heavy atom. The summed E-state index contributed by atoms with van der Waals surface area (Å²) in [6.07, 6.45) is 0. The first-order valence-electron chi connectivity index (χ1n) is 6.20. The van der Waals surface area contributed by atoms with Gasteiger partial charge in [-0.15, -0.1) is 0 Å². The lowest BCUT2D eigenvalue weighted by Gasteiger charge is -2.24. The van der Waals surface area contributed by atoms with E-state index in [-0.39, 0.29) is 16.8 Å². The number of hydrogen-bond donors (Lipinski definition) is 0. The molecule has 1 aromatic rings. The van der Waals surface area contributed by atoms with Crippen molar-refractivity contribution in [3.8, 4) is 0 Å². The Morgan fingerprint density at radius 1 is 1.25 bits per heavy atom. The van der Waals surface area contributed by atoms with Gasteiger partial charge in [-0.3, -0.25) is 4.79 Å². The van der Waals surface area contributed by atoms with E-state index in [0.717, 1.165) is 6.54 Å². The average molecular weight is 320 g/mol. The van der Waals surface area contributed by atoms with Crippen molar-refractivity contribution in [3.63, 3.8) is 0 Å². The van der Waals surface area contributed by atoms with E-state index < -0.39 is 0 Å². The molecule has 0 atom stereocenters. The minimum atomic E-state index is -0.239. The standard InChI is InChI=1S/C13H19Cl2N3O2/c1-17(2)6-7-18(8-9-20-3)13(19)12-10(14)4-5-11(15)16-12/h4-5H,6-9H2,1-3H3. The van der Waals surface area contributed by atoms with E-state index in [0.29, 0.717) is 24.7 Å². The van der Waals surface area contributed by atoms with Crippen LogP contribution in [-0.4, -0.2) is 68.1 Å². The molecule has 0 aliphatic heterocycles. The molecular weight excluding hydrogens is 301 g/mol. The zero-order chi connectivity index (χ0) is 15.1. The summed E-state index contributed by atoms with van der Waals surface area (Å²) in [6.45, 7) is 2.25. The topological polar surface area (TPSA) is 45.7 Å². The van der Waals surface area contributed by atoms with E-state index in [1.54, 1.807) is 24.1 Å².